The lowest BCUT2D eigenvalue weighted by molar-refractivity contribution is 0.612. The van der Waals surface area contributed by atoms with Gasteiger partial charge in [-0.2, -0.15) is 4.98 Å². The summed E-state index contributed by atoms with van der Waals surface area (Å²) in [6.45, 7) is 0.348. The predicted octanol–water partition coefficient (Wildman–Crippen LogP) is 3.24. The summed E-state index contributed by atoms with van der Waals surface area (Å²) in [6.07, 6.45) is 1.81. The highest BCUT2D eigenvalue weighted by Crippen LogP contribution is 2.17. The second kappa shape index (κ2) is 4.97. The molecule has 0 fully saturated rings. The van der Waals surface area contributed by atoms with Crippen LogP contribution in [-0.2, 0) is 6.54 Å². The summed E-state index contributed by atoms with van der Waals surface area (Å²) < 4.78 is 16.0. The summed E-state index contributed by atoms with van der Waals surface area (Å²) in [6, 6.07) is 10.4. The molecule has 0 aliphatic heterocycles. The van der Waals surface area contributed by atoms with Gasteiger partial charge in [-0.1, -0.05) is 18.2 Å². The number of nitrogens with one attached hydrogen (secondary N) is 1. The van der Waals surface area contributed by atoms with Gasteiger partial charge >= 0.3 is 0 Å². The Balaban J connectivity index is 1.83. The average Bonchev–Trinajstić information content (AvgIpc) is 2.82. The maximum absolute atomic E-state index is 13.5. The van der Waals surface area contributed by atoms with Crippen molar-refractivity contribution in [1.82, 2.24) is 14.6 Å². The molecule has 0 aliphatic carbocycles. The molecule has 19 heavy (non-hydrogen) atoms. The van der Waals surface area contributed by atoms with Crippen LogP contribution in [0.15, 0.2) is 47.1 Å². The maximum Gasteiger partial charge on any atom is 0.243 e. The van der Waals surface area contributed by atoms with E-state index in [0.29, 0.717) is 18.1 Å². The minimum atomic E-state index is -0.236. The monoisotopic (exact) mass is 320 g/mol. The fraction of sp³-hybridized carbons (Fsp3) is 0.0769. The van der Waals surface area contributed by atoms with E-state index in [1.165, 1.54) is 6.07 Å². The number of benzene rings is 1. The molecule has 3 aromatic rings. The molecule has 0 saturated carbocycles. The zero-order valence-electron chi connectivity index (χ0n) is 9.85. The smallest absolute Gasteiger partial charge is 0.243 e. The van der Waals surface area contributed by atoms with E-state index in [1.807, 2.05) is 12.1 Å². The Morgan fingerprint density at radius 3 is 2.84 bits per heavy atom. The molecule has 0 spiro atoms. The fourth-order valence-corrected chi connectivity index (χ4v) is 2.19. The predicted molar refractivity (Wildman–Crippen MR) is 74.4 cm³/mol. The third-order valence-corrected chi connectivity index (χ3v) is 3.33. The minimum Gasteiger partial charge on any atom is -0.349 e. The number of nitrogens with zero attached hydrogens (tertiary/aromatic N) is 3. The summed E-state index contributed by atoms with van der Waals surface area (Å²) in [4.78, 5) is 4.33. The van der Waals surface area contributed by atoms with Crippen molar-refractivity contribution < 1.29 is 4.39 Å². The number of anilines is 1. The van der Waals surface area contributed by atoms with Gasteiger partial charge in [0.15, 0.2) is 5.65 Å². The first kappa shape index (κ1) is 12.1. The molecular formula is C13H10BrFN4. The van der Waals surface area contributed by atoms with Gasteiger partial charge in [-0.3, -0.25) is 0 Å². The van der Waals surface area contributed by atoms with Crippen LogP contribution in [0.3, 0.4) is 0 Å². The van der Waals surface area contributed by atoms with Crippen molar-refractivity contribution in [3.63, 3.8) is 0 Å². The Hall–Kier alpha value is -1.95. The molecule has 0 atom stereocenters. The fourth-order valence-electron chi connectivity index (χ4n) is 1.76. The van der Waals surface area contributed by atoms with Gasteiger partial charge in [0.05, 0.1) is 4.47 Å². The van der Waals surface area contributed by atoms with Gasteiger partial charge in [-0.25, -0.2) is 8.91 Å². The molecule has 0 aliphatic rings. The van der Waals surface area contributed by atoms with Crippen molar-refractivity contribution in [2.75, 3.05) is 5.32 Å². The van der Waals surface area contributed by atoms with Crippen molar-refractivity contribution in [3.8, 4) is 0 Å². The molecule has 0 bridgehead atoms. The Kier molecular flexibility index (Phi) is 3.16. The maximum atomic E-state index is 13.5. The summed E-state index contributed by atoms with van der Waals surface area (Å²) in [5, 5.41) is 7.27. The Labute approximate surface area is 117 Å². The number of pyridine rings is 1. The molecule has 0 unspecified atom stereocenters. The first-order valence-corrected chi connectivity index (χ1v) is 6.51. The highest BCUT2D eigenvalue weighted by Gasteiger charge is 2.06. The van der Waals surface area contributed by atoms with Crippen LogP contribution >= 0.6 is 15.9 Å². The second-order valence-corrected chi connectivity index (χ2v) is 4.86. The lowest BCUT2D eigenvalue weighted by Gasteiger charge is -2.02. The van der Waals surface area contributed by atoms with Gasteiger partial charge < -0.3 is 5.32 Å². The quantitative estimate of drug-likeness (QED) is 0.805. The molecule has 0 saturated heterocycles. The average molecular weight is 321 g/mol. The van der Waals surface area contributed by atoms with Crippen LogP contribution in [0.5, 0.6) is 0 Å². The number of halogens is 2. The highest BCUT2D eigenvalue weighted by atomic mass is 79.9. The van der Waals surface area contributed by atoms with Crippen molar-refractivity contribution >= 4 is 27.5 Å². The van der Waals surface area contributed by atoms with E-state index in [1.54, 1.807) is 28.9 Å². The van der Waals surface area contributed by atoms with E-state index >= 15 is 0 Å². The molecule has 2 aromatic heterocycles. The lowest BCUT2D eigenvalue weighted by atomic mass is 10.2. The minimum absolute atomic E-state index is 0.236. The van der Waals surface area contributed by atoms with Gasteiger partial charge in [0.2, 0.25) is 5.95 Å². The van der Waals surface area contributed by atoms with E-state index in [2.05, 4.69) is 31.3 Å². The zero-order valence-corrected chi connectivity index (χ0v) is 11.4. The van der Waals surface area contributed by atoms with Gasteiger partial charge in [0.25, 0.3) is 0 Å². The molecule has 0 amide bonds. The first-order chi connectivity index (χ1) is 9.24. The molecule has 4 nitrogen and oxygen atoms in total. The summed E-state index contributed by atoms with van der Waals surface area (Å²) in [5.41, 5.74) is 1.30. The first-order valence-electron chi connectivity index (χ1n) is 5.72. The van der Waals surface area contributed by atoms with Crippen LogP contribution in [0.25, 0.3) is 5.65 Å². The Morgan fingerprint density at radius 1 is 1.21 bits per heavy atom. The van der Waals surface area contributed by atoms with Crippen molar-refractivity contribution in [1.29, 1.82) is 0 Å². The van der Waals surface area contributed by atoms with E-state index in [-0.39, 0.29) is 5.82 Å². The number of aromatic nitrogens is 3. The molecule has 1 N–H and O–H groups in total. The van der Waals surface area contributed by atoms with Crippen LogP contribution < -0.4 is 5.32 Å². The number of hydrogen-bond donors (Lipinski definition) is 1. The number of hydrogen-bond acceptors (Lipinski definition) is 3. The zero-order chi connectivity index (χ0) is 13.2. The van der Waals surface area contributed by atoms with E-state index in [9.17, 15) is 4.39 Å². The summed E-state index contributed by atoms with van der Waals surface area (Å²) in [5.74, 6) is 0.232. The SMILES string of the molecule is Fc1ccccc1CNc1nc2c(Br)cccn2n1. The van der Waals surface area contributed by atoms with E-state index < -0.39 is 0 Å². The molecular weight excluding hydrogens is 311 g/mol. The summed E-state index contributed by atoms with van der Waals surface area (Å²) in [7, 11) is 0. The molecule has 0 radical (unpaired) electrons. The van der Waals surface area contributed by atoms with Crippen LogP contribution in [0, 0.1) is 5.82 Å². The lowest BCUT2D eigenvalue weighted by Crippen LogP contribution is -2.03. The molecule has 1 aromatic carbocycles. The molecule has 96 valence electrons. The van der Waals surface area contributed by atoms with Gasteiger partial charge in [-0.05, 0) is 34.1 Å². The largest absolute Gasteiger partial charge is 0.349 e. The van der Waals surface area contributed by atoms with Crippen LogP contribution in [0.1, 0.15) is 5.56 Å². The van der Waals surface area contributed by atoms with Crippen LogP contribution in [0.4, 0.5) is 10.3 Å². The molecule has 6 heteroatoms. The van der Waals surface area contributed by atoms with Gasteiger partial charge in [0.1, 0.15) is 5.82 Å². The second-order valence-electron chi connectivity index (χ2n) is 4.00. The summed E-state index contributed by atoms with van der Waals surface area (Å²) >= 11 is 3.41. The van der Waals surface area contributed by atoms with E-state index in [0.717, 1.165) is 10.1 Å². The highest BCUT2D eigenvalue weighted by molar-refractivity contribution is 9.10. The van der Waals surface area contributed by atoms with Gasteiger partial charge in [-0.15, -0.1) is 5.10 Å². The van der Waals surface area contributed by atoms with Crippen LogP contribution in [0.2, 0.25) is 0 Å². The Bertz CT molecular complexity index is 725. The number of rotatable bonds is 3. The third-order valence-electron chi connectivity index (χ3n) is 2.71. The third kappa shape index (κ3) is 2.44. The standard InChI is InChI=1S/C13H10BrFN4/c14-10-5-3-7-19-12(10)17-13(18-19)16-8-9-4-1-2-6-11(9)15/h1-7H,8H2,(H,16,18). The molecule has 3 rings (SSSR count). The van der Waals surface area contributed by atoms with E-state index in [4.69, 9.17) is 0 Å². The van der Waals surface area contributed by atoms with Crippen molar-refractivity contribution in [3.05, 3.63) is 58.4 Å². The van der Waals surface area contributed by atoms with Crippen LogP contribution in [-0.4, -0.2) is 14.6 Å². The normalized spacial score (nSPS) is 10.8. The number of fused-ring (bicyclic) bond motifs is 1. The van der Waals surface area contributed by atoms with Crippen molar-refractivity contribution in [2.45, 2.75) is 6.54 Å². The van der Waals surface area contributed by atoms with Gasteiger partial charge in [0, 0.05) is 18.3 Å². The Morgan fingerprint density at radius 2 is 2.05 bits per heavy atom. The molecule has 2 heterocycles. The topological polar surface area (TPSA) is 42.2 Å². The van der Waals surface area contributed by atoms with Crippen molar-refractivity contribution in [2.24, 2.45) is 0 Å².